The number of hydrogen-bond donors (Lipinski definition) is 2. The van der Waals surface area contributed by atoms with Crippen LogP contribution in [0.1, 0.15) is 73.1 Å². The first-order valence-corrected chi connectivity index (χ1v) is 12.8. The number of carbonyl (C=O) groups excluding carboxylic acids is 2. The Bertz CT molecular complexity index is 1120. The van der Waals surface area contributed by atoms with Crippen LogP contribution in [0.15, 0.2) is 12.5 Å². The van der Waals surface area contributed by atoms with Gasteiger partial charge < -0.3 is 20.3 Å². The molecule has 2 aromatic rings. The number of nitrogens with zero attached hydrogens (tertiary/aromatic N) is 5. The van der Waals surface area contributed by atoms with Crippen LogP contribution in [-0.2, 0) is 19.7 Å². The molecule has 36 heavy (non-hydrogen) atoms. The minimum atomic E-state index is -0.445. The summed E-state index contributed by atoms with van der Waals surface area (Å²) in [6.45, 7) is 13.1. The van der Waals surface area contributed by atoms with Gasteiger partial charge in [-0.15, -0.1) is 0 Å². The Hall–Kier alpha value is -2.88. The van der Waals surface area contributed by atoms with Crippen LogP contribution < -0.4 is 10.6 Å². The number of aromatic nitrogens is 4. The van der Waals surface area contributed by atoms with Crippen LogP contribution in [0.3, 0.4) is 0 Å². The number of hydrogen-bond acceptors (Lipinski definition) is 9. The van der Waals surface area contributed by atoms with E-state index in [1.54, 1.807) is 6.20 Å². The van der Waals surface area contributed by atoms with Gasteiger partial charge in [-0.25, -0.2) is 19.9 Å². The summed E-state index contributed by atoms with van der Waals surface area (Å²) in [4.78, 5) is 46.0. The molecule has 1 saturated carbocycles. The lowest BCUT2D eigenvalue weighted by molar-refractivity contribution is -0.151. The number of carbonyl (C=O) groups is 2. The first-order chi connectivity index (χ1) is 16.9. The van der Waals surface area contributed by atoms with Gasteiger partial charge in [0.05, 0.1) is 19.2 Å². The number of ether oxygens (including phenoxy) is 1. The predicted molar refractivity (Wildman–Crippen MR) is 137 cm³/mol. The number of likely N-dealkylation sites (tertiary alicyclic amines) is 1. The highest BCUT2D eigenvalue weighted by Gasteiger charge is 2.45. The van der Waals surface area contributed by atoms with Crippen LogP contribution in [0.5, 0.6) is 0 Å². The summed E-state index contributed by atoms with van der Waals surface area (Å²) in [6, 6.07) is -0.410. The van der Waals surface area contributed by atoms with Crippen molar-refractivity contribution in [3.05, 3.63) is 18.3 Å². The van der Waals surface area contributed by atoms with Crippen molar-refractivity contribution < 1.29 is 14.3 Å². The summed E-state index contributed by atoms with van der Waals surface area (Å²) < 4.78 is 5.15. The summed E-state index contributed by atoms with van der Waals surface area (Å²) in [5.74, 6) is 0.587. The van der Waals surface area contributed by atoms with Crippen molar-refractivity contribution in [3.8, 4) is 0 Å². The third-order valence-corrected chi connectivity index (χ3v) is 6.95. The third kappa shape index (κ3) is 5.58. The fourth-order valence-electron chi connectivity index (χ4n) is 5.33. The molecule has 2 aliphatic rings. The summed E-state index contributed by atoms with van der Waals surface area (Å²) in [7, 11) is 1.42. The van der Waals surface area contributed by atoms with Crippen molar-refractivity contribution in [3.63, 3.8) is 0 Å². The van der Waals surface area contributed by atoms with Gasteiger partial charge in [0, 0.05) is 29.6 Å². The number of anilines is 1. The van der Waals surface area contributed by atoms with Crippen LogP contribution in [0, 0.1) is 5.92 Å². The number of esters is 1. The van der Waals surface area contributed by atoms with E-state index < -0.39 is 6.04 Å². The first-order valence-electron chi connectivity index (χ1n) is 12.8. The van der Waals surface area contributed by atoms with Crippen LogP contribution >= 0.6 is 0 Å². The molecule has 196 valence electrons. The second kappa shape index (κ2) is 9.88. The van der Waals surface area contributed by atoms with Crippen molar-refractivity contribution >= 4 is 28.7 Å². The Labute approximate surface area is 213 Å². The zero-order valence-electron chi connectivity index (χ0n) is 22.5. The highest BCUT2D eigenvalue weighted by atomic mass is 16.5. The monoisotopic (exact) mass is 497 g/mol. The van der Waals surface area contributed by atoms with E-state index in [1.807, 2.05) is 25.7 Å². The zero-order valence-corrected chi connectivity index (χ0v) is 22.5. The molecule has 0 aromatic carbocycles. The highest BCUT2D eigenvalue weighted by Crippen LogP contribution is 2.34. The molecule has 10 heteroatoms. The van der Waals surface area contributed by atoms with Crippen molar-refractivity contribution in [2.75, 3.05) is 19.0 Å². The largest absolute Gasteiger partial charge is 0.469 e. The number of amides is 1. The number of methoxy groups -OCH3 is 1. The van der Waals surface area contributed by atoms with Crippen molar-refractivity contribution in [1.82, 2.24) is 30.2 Å². The Morgan fingerprint density at radius 1 is 1.08 bits per heavy atom. The fourth-order valence-corrected chi connectivity index (χ4v) is 5.33. The van der Waals surface area contributed by atoms with Gasteiger partial charge in [0.15, 0.2) is 5.82 Å². The maximum Gasteiger partial charge on any atom is 0.310 e. The summed E-state index contributed by atoms with van der Waals surface area (Å²) in [5.41, 5.74) is 0.946. The number of nitrogens with one attached hydrogen (secondary N) is 2. The van der Waals surface area contributed by atoms with Crippen molar-refractivity contribution in [1.29, 1.82) is 0 Å². The molecule has 4 atom stereocenters. The molecule has 2 fully saturated rings. The second-order valence-electron chi connectivity index (χ2n) is 12.0. The van der Waals surface area contributed by atoms with E-state index in [0.717, 1.165) is 12.8 Å². The zero-order chi connectivity index (χ0) is 26.3. The molecule has 1 saturated heterocycles. The summed E-state index contributed by atoms with van der Waals surface area (Å²) in [6.07, 6.45) is 6.09. The van der Waals surface area contributed by atoms with Gasteiger partial charge >= 0.3 is 5.97 Å². The van der Waals surface area contributed by atoms with Gasteiger partial charge in [-0.1, -0.05) is 20.8 Å². The van der Waals surface area contributed by atoms with Crippen molar-refractivity contribution in [2.24, 2.45) is 5.92 Å². The SMILES string of the molecule is COC(=O)C1CC(NC(C)(C)C)CCC1N1CC[C@H](Nc2ncnc3cnc(C(C)(C)C)nc23)C1=O. The number of fused-ring (bicyclic) bond motifs is 1. The minimum Gasteiger partial charge on any atom is -0.469 e. The van der Waals surface area contributed by atoms with Gasteiger partial charge in [-0.3, -0.25) is 9.59 Å². The van der Waals surface area contributed by atoms with E-state index in [0.29, 0.717) is 42.1 Å². The lowest BCUT2D eigenvalue weighted by atomic mass is 9.80. The molecule has 1 amide bonds. The average Bonchev–Trinajstić information content (AvgIpc) is 3.16. The Kier molecular flexibility index (Phi) is 7.19. The molecule has 1 aliphatic heterocycles. The van der Waals surface area contributed by atoms with Crippen LogP contribution in [0.25, 0.3) is 11.0 Å². The quantitative estimate of drug-likeness (QED) is 0.600. The van der Waals surface area contributed by atoms with E-state index >= 15 is 0 Å². The molecule has 2 N–H and O–H groups in total. The van der Waals surface area contributed by atoms with Gasteiger partial charge in [-0.05, 0) is 46.5 Å². The fraction of sp³-hybridized carbons (Fsp3) is 0.692. The molecule has 4 rings (SSSR count). The maximum atomic E-state index is 13.6. The Balaban J connectivity index is 1.52. The molecular formula is C26H39N7O3. The van der Waals surface area contributed by atoms with Crippen LogP contribution in [-0.4, -0.2) is 74.0 Å². The molecular weight excluding hydrogens is 458 g/mol. The molecule has 10 nitrogen and oxygen atoms in total. The molecule has 1 aliphatic carbocycles. The van der Waals surface area contributed by atoms with E-state index in [1.165, 1.54) is 13.4 Å². The normalized spacial score (nSPS) is 25.3. The molecule has 0 spiro atoms. The molecule has 0 radical (unpaired) electrons. The molecule has 0 bridgehead atoms. The summed E-state index contributed by atoms with van der Waals surface area (Å²) in [5, 5.41) is 6.93. The van der Waals surface area contributed by atoms with E-state index in [9.17, 15) is 9.59 Å². The minimum absolute atomic E-state index is 0.0204. The topological polar surface area (TPSA) is 122 Å². The molecule has 2 aromatic heterocycles. The third-order valence-electron chi connectivity index (χ3n) is 6.95. The molecule has 3 unspecified atom stereocenters. The lowest BCUT2D eigenvalue weighted by Gasteiger charge is -2.41. The smallest absolute Gasteiger partial charge is 0.310 e. The summed E-state index contributed by atoms with van der Waals surface area (Å²) >= 11 is 0. The van der Waals surface area contributed by atoms with Crippen LogP contribution in [0.2, 0.25) is 0 Å². The Morgan fingerprint density at radius 3 is 2.50 bits per heavy atom. The van der Waals surface area contributed by atoms with Gasteiger partial charge in [-0.2, -0.15) is 0 Å². The van der Waals surface area contributed by atoms with Gasteiger partial charge in [0.1, 0.15) is 29.2 Å². The lowest BCUT2D eigenvalue weighted by Crippen LogP contribution is -2.54. The van der Waals surface area contributed by atoms with E-state index in [-0.39, 0.29) is 40.8 Å². The standard InChI is InChI=1S/C26H39N7O3/c1-25(2,3)24-27-13-18-20(31-24)21(29-14-28-18)30-17-10-11-33(22(17)34)19-9-8-15(32-26(4,5)6)12-16(19)23(35)36-7/h13-17,19,32H,8-12H2,1-7H3,(H,28,29,30)/t15?,16?,17-,19?/m0/s1. The van der Waals surface area contributed by atoms with Crippen molar-refractivity contribution in [2.45, 2.75) is 96.3 Å². The number of rotatable bonds is 5. The molecule has 3 heterocycles. The van der Waals surface area contributed by atoms with Gasteiger partial charge in [0.25, 0.3) is 0 Å². The Morgan fingerprint density at radius 2 is 1.83 bits per heavy atom. The maximum absolute atomic E-state index is 13.6. The van der Waals surface area contributed by atoms with Gasteiger partial charge in [0.2, 0.25) is 5.91 Å². The van der Waals surface area contributed by atoms with E-state index in [2.05, 4.69) is 46.4 Å². The predicted octanol–water partition coefficient (Wildman–Crippen LogP) is 2.83. The average molecular weight is 498 g/mol. The highest BCUT2D eigenvalue weighted by molar-refractivity contribution is 5.91. The first kappa shape index (κ1) is 26.2. The van der Waals surface area contributed by atoms with E-state index in [4.69, 9.17) is 9.72 Å². The van der Waals surface area contributed by atoms with Crippen LogP contribution in [0.4, 0.5) is 5.82 Å². The second-order valence-corrected chi connectivity index (χ2v) is 12.0.